The number of rotatable bonds is 4. The summed E-state index contributed by atoms with van der Waals surface area (Å²) in [6.07, 6.45) is 6.92. The van der Waals surface area contributed by atoms with Crippen LogP contribution in [0.25, 0.3) is 0 Å². The first-order valence-electron chi connectivity index (χ1n) is 14.3. The number of hydrogen-bond acceptors (Lipinski definition) is 6. The number of carbonyl (C=O) groups is 2. The maximum atomic E-state index is 13.9. The molecule has 5 aliphatic rings. The molecule has 1 spiro atoms. The fourth-order valence-corrected chi connectivity index (χ4v) is 7.40. The summed E-state index contributed by atoms with van der Waals surface area (Å²) in [4.78, 5) is 33.4. The number of methoxy groups -OCH3 is 2. The molecule has 0 radical (unpaired) electrons. The molecule has 2 unspecified atom stereocenters. The molecule has 9 heteroatoms. The van der Waals surface area contributed by atoms with E-state index in [1.165, 1.54) is 5.57 Å². The highest BCUT2D eigenvalue weighted by Crippen LogP contribution is 2.47. The van der Waals surface area contributed by atoms with Crippen LogP contribution in [0.3, 0.4) is 0 Å². The minimum absolute atomic E-state index is 0.0130. The highest BCUT2D eigenvalue weighted by molar-refractivity contribution is 6.39. The summed E-state index contributed by atoms with van der Waals surface area (Å²) >= 11 is 0. The van der Waals surface area contributed by atoms with Crippen molar-refractivity contribution >= 4 is 23.3 Å². The van der Waals surface area contributed by atoms with Crippen LogP contribution in [0.4, 0.5) is 10.5 Å². The third-order valence-electron chi connectivity index (χ3n) is 9.37. The number of ether oxygens (including phenoxy) is 2. The standard InChI is InChI=1S/C31H39N5O4/c1-6-36-30(38)35-19-22-16-23(39-4)18-26(40-5)28(22)20(2)15-27(35)31(36)11-13-34(14-12-31)29(37)24-17-21-9-7-8-10-25(21)33(3)32-24/h7-10,15-16,20,26H,6,11-14,17-19H2,1-5H3. The number of allylic oxidation sites excluding steroid dienone is 1. The Morgan fingerprint density at radius 3 is 2.62 bits per heavy atom. The van der Waals surface area contributed by atoms with Crippen molar-refractivity contribution < 1.29 is 19.1 Å². The van der Waals surface area contributed by atoms with Crippen molar-refractivity contribution in [3.8, 4) is 0 Å². The first-order chi connectivity index (χ1) is 19.3. The van der Waals surface area contributed by atoms with Gasteiger partial charge in [-0.3, -0.25) is 14.7 Å². The summed E-state index contributed by atoms with van der Waals surface area (Å²) in [5.41, 5.74) is 5.68. The van der Waals surface area contributed by atoms with E-state index in [0.29, 0.717) is 57.6 Å². The summed E-state index contributed by atoms with van der Waals surface area (Å²) < 4.78 is 11.5. The third kappa shape index (κ3) is 4.05. The lowest BCUT2D eigenvalue weighted by Gasteiger charge is -2.44. The van der Waals surface area contributed by atoms with Crippen LogP contribution in [-0.2, 0) is 20.7 Å². The molecule has 0 bridgehead atoms. The predicted octanol–water partition coefficient (Wildman–Crippen LogP) is 3.93. The van der Waals surface area contributed by atoms with Gasteiger partial charge in [-0.2, -0.15) is 5.10 Å². The van der Waals surface area contributed by atoms with Gasteiger partial charge in [-0.15, -0.1) is 0 Å². The lowest BCUT2D eigenvalue weighted by atomic mass is 9.80. The van der Waals surface area contributed by atoms with Crippen LogP contribution in [0.2, 0.25) is 0 Å². The van der Waals surface area contributed by atoms with Gasteiger partial charge in [0.05, 0.1) is 36.7 Å². The predicted molar refractivity (Wildman–Crippen MR) is 154 cm³/mol. The Morgan fingerprint density at radius 1 is 1.18 bits per heavy atom. The topological polar surface area (TPSA) is 77.9 Å². The molecule has 9 nitrogen and oxygen atoms in total. The number of likely N-dealkylation sites (tertiary alicyclic amines) is 1. The molecule has 0 aromatic heterocycles. The summed E-state index contributed by atoms with van der Waals surface area (Å²) in [7, 11) is 5.32. The van der Waals surface area contributed by atoms with Gasteiger partial charge in [-0.1, -0.05) is 31.2 Å². The van der Waals surface area contributed by atoms with E-state index in [2.05, 4.69) is 30.2 Å². The van der Waals surface area contributed by atoms with Crippen LogP contribution in [0.15, 0.2) is 64.1 Å². The Kier molecular flexibility index (Phi) is 6.73. The summed E-state index contributed by atoms with van der Waals surface area (Å²) in [6, 6.07) is 8.12. The average Bonchev–Trinajstić information content (AvgIpc) is 3.07. The van der Waals surface area contributed by atoms with Gasteiger partial charge < -0.3 is 19.3 Å². The number of amides is 3. The van der Waals surface area contributed by atoms with Gasteiger partial charge in [0.15, 0.2) is 0 Å². The number of carbonyl (C=O) groups excluding carboxylic acids is 2. The van der Waals surface area contributed by atoms with Crippen molar-refractivity contribution in [1.29, 1.82) is 0 Å². The van der Waals surface area contributed by atoms with Gasteiger partial charge in [0, 0.05) is 58.2 Å². The highest BCUT2D eigenvalue weighted by atomic mass is 16.5. The number of piperidine rings is 1. The molecule has 0 N–H and O–H groups in total. The molecule has 212 valence electrons. The molecule has 1 aliphatic carbocycles. The molecule has 2 atom stereocenters. The molecule has 2 fully saturated rings. The van der Waals surface area contributed by atoms with Crippen molar-refractivity contribution in [3.63, 3.8) is 0 Å². The number of urea groups is 1. The van der Waals surface area contributed by atoms with Gasteiger partial charge in [-0.25, -0.2) is 4.79 Å². The van der Waals surface area contributed by atoms with E-state index in [1.54, 1.807) is 19.2 Å². The second-order valence-corrected chi connectivity index (χ2v) is 11.4. The van der Waals surface area contributed by atoms with E-state index in [1.807, 2.05) is 46.9 Å². The van der Waals surface area contributed by atoms with Gasteiger partial charge >= 0.3 is 6.03 Å². The van der Waals surface area contributed by atoms with Crippen molar-refractivity contribution in [3.05, 3.63) is 64.6 Å². The Labute approximate surface area is 236 Å². The zero-order valence-electron chi connectivity index (χ0n) is 24.1. The van der Waals surface area contributed by atoms with E-state index in [9.17, 15) is 9.59 Å². The largest absolute Gasteiger partial charge is 0.501 e. The van der Waals surface area contributed by atoms with Crippen LogP contribution >= 0.6 is 0 Å². The van der Waals surface area contributed by atoms with Crippen LogP contribution in [0, 0.1) is 5.92 Å². The fraction of sp³-hybridized carbons (Fsp3) is 0.516. The molecule has 2 saturated heterocycles. The normalized spacial score (nSPS) is 25.6. The Hall–Kier alpha value is -3.59. The molecule has 1 aromatic carbocycles. The maximum absolute atomic E-state index is 13.9. The molecule has 4 aliphatic heterocycles. The smallest absolute Gasteiger partial charge is 0.325 e. The molecule has 6 rings (SSSR count). The number of anilines is 1. The maximum Gasteiger partial charge on any atom is 0.325 e. The van der Waals surface area contributed by atoms with E-state index in [0.717, 1.165) is 28.3 Å². The van der Waals surface area contributed by atoms with Gasteiger partial charge in [0.2, 0.25) is 0 Å². The Morgan fingerprint density at radius 2 is 1.93 bits per heavy atom. The molecular weight excluding hydrogens is 506 g/mol. The Bertz CT molecular complexity index is 1350. The number of hydrogen-bond donors (Lipinski definition) is 0. The van der Waals surface area contributed by atoms with E-state index >= 15 is 0 Å². The number of nitrogens with zero attached hydrogens (tertiary/aromatic N) is 5. The van der Waals surface area contributed by atoms with Crippen LogP contribution in [0.5, 0.6) is 0 Å². The van der Waals surface area contributed by atoms with E-state index < -0.39 is 5.54 Å². The summed E-state index contributed by atoms with van der Waals surface area (Å²) in [5.74, 6) is 0.976. The van der Waals surface area contributed by atoms with Crippen molar-refractivity contribution in [2.75, 3.05) is 52.5 Å². The quantitative estimate of drug-likeness (QED) is 0.573. The second kappa shape index (κ2) is 10.1. The van der Waals surface area contributed by atoms with Crippen molar-refractivity contribution in [2.45, 2.75) is 51.2 Å². The van der Waals surface area contributed by atoms with E-state index in [-0.39, 0.29) is 24.0 Å². The Balaban J connectivity index is 1.26. The average molecular weight is 546 g/mol. The summed E-state index contributed by atoms with van der Waals surface area (Å²) in [5, 5.41) is 6.43. The van der Waals surface area contributed by atoms with Gasteiger partial charge in [0.25, 0.3) is 5.91 Å². The number of benzene rings is 1. The van der Waals surface area contributed by atoms with Gasteiger partial charge in [-0.05, 0) is 48.6 Å². The number of fused-ring (bicyclic) bond motifs is 3. The minimum atomic E-state index is -0.431. The number of hydrazone groups is 1. The molecule has 4 heterocycles. The SMILES string of the molecule is CCN1C(=O)N2CC3=C(C(C)C=C2C12CCN(C(=O)C1=NN(C)c4ccccc4C1)CC2)C(OC)CC(OC)=C3. The second-order valence-electron chi connectivity index (χ2n) is 11.4. The lowest BCUT2D eigenvalue weighted by molar-refractivity contribution is -0.126. The van der Waals surface area contributed by atoms with Crippen LogP contribution in [-0.4, -0.2) is 91.4 Å². The third-order valence-corrected chi connectivity index (χ3v) is 9.37. The highest BCUT2D eigenvalue weighted by Gasteiger charge is 2.55. The first-order valence-corrected chi connectivity index (χ1v) is 14.3. The monoisotopic (exact) mass is 545 g/mol. The van der Waals surface area contributed by atoms with Crippen LogP contribution in [0.1, 0.15) is 38.7 Å². The zero-order chi connectivity index (χ0) is 28.2. The van der Waals surface area contributed by atoms with Gasteiger partial charge in [0.1, 0.15) is 5.71 Å². The number of para-hydroxylation sites is 1. The van der Waals surface area contributed by atoms with E-state index in [4.69, 9.17) is 9.47 Å². The molecule has 0 saturated carbocycles. The molecule has 40 heavy (non-hydrogen) atoms. The first kappa shape index (κ1) is 26.6. The molecule has 3 amide bonds. The minimum Gasteiger partial charge on any atom is -0.501 e. The molecule has 1 aromatic rings. The fourth-order valence-electron chi connectivity index (χ4n) is 7.40. The summed E-state index contributed by atoms with van der Waals surface area (Å²) in [6.45, 7) is 6.52. The lowest BCUT2D eigenvalue weighted by Crippen LogP contribution is -2.55. The van der Waals surface area contributed by atoms with Crippen molar-refractivity contribution in [2.24, 2.45) is 11.0 Å². The van der Waals surface area contributed by atoms with Crippen LogP contribution < -0.4 is 5.01 Å². The molecular formula is C31H39N5O4. The number of likely N-dealkylation sites (N-methyl/N-ethyl adjacent to an activating group) is 1. The van der Waals surface area contributed by atoms with Crippen molar-refractivity contribution in [1.82, 2.24) is 14.7 Å². The zero-order valence-corrected chi connectivity index (χ0v) is 24.1.